The van der Waals surface area contributed by atoms with Crippen molar-refractivity contribution in [1.29, 1.82) is 0 Å². The molecule has 2 fully saturated rings. The van der Waals surface area contributed by atoms with E-state index < -0.39 is 0 Å². The molecule has 0 aromatic heterocycles. The zero-order chi connectivity index (χ0) is 9.80. The fraction of sp³-hybridized carbons (Fsp3) is 1.00. The van der Waals surface area contributed by atoms with Gasteiger partial charge in [-0.25, -0.2) is 0 Å². The van der Waals surface area contributed by atoms with Gasteiger partial charge < -0.3 is 10.1 Å². The summed E-state index contributed by atoms with van der Waals surface area (Å²) in [6, 6.07) is 1.32. The van der Waals surface area contributed by atoms with Crippen molar-refractivity contribution >= 4 is 0 Å². The van der Waals surface area contributed by atoms with Gasteiger partial charge in [0.05, 0.1) is 6.61 Å². The third-order valence-corrected chi connectivity index (χ3v) is 3.77. The molecule has 2 heteroatoms. The molecule has 1 saturated carbocycles. The second kappa shape index (κ2) is 5.13. The zero-order valence-corrected chi connectivity index (χ0v) is 9.30. The van der Waals surface area contributed by atoms with Crippen LogP contribution in [0.5, 0.6) is 0 Å². The molecular weight excluding hydrogens is 174 g/mol. The number of rotatable bonds is 3. The van der Waals surface area contributed by atoms with Crippen LogP contribution >= 0.6 is 0 Å². The molecule has 1 heterocycles. The van der Waals surface area contributed by atoms with E-state index in [4.69, 9.17) is 4.74 Å². The molecule has 2 aliphatic rings. The van der Waals surface area contributed by atoms with E-state index >= 15 is 0 Å². The minimum absolute atomic E-state index is 0.624. The van der Waals surface area contributed by atoms with E-state index in [2.05, 4.69) is 12.2 Å². The van der Waals surface area contributed by atoms with E-state index in [0.717, 1.165) is 19.1 Å². The molecule has 1 N–H and O–H groups in total. The fourth-order valence-electron chi connectivity index (χ4n) is 2.84. The van der Waals surface area contributed by atoms with Crippen molar-refractivity contribution in [3.05, 3.63) is 0 Å². The van der Waals surface area contributed by atoms with Gasteiger partial charge in [-0.3, -0.25) is 0 Å². The first-order chi connectivity index (χ1) is 6.86. The number of nitrogens with one attached hydrogen (secondary N) is 1. The normalized spacial score (nSPS) is 31.9. The van der Waals surface area contributed by atoms with Crippen LogP contribution in [-0.4, -0.2) is 25.3 Å². The van der Waals surface area contributed by atoms with Crippen molar-refractivity contribution in [3.8, 4) is 0 Å². The smallest absolute Gasteiger partial charge is 0.0619 e. The molecule has 0 aromatic carbocycles. The molecule has 2 nitrogen and oxygen atoms in total. The standard InChI is InChI=1S/C12H23NO/c1-10(11-5-2-3-6-11)13-12-7-4-8-14-9-12/h10-13H,2-9H2,1H3. The minimum Gasteiger partial charge on any atom is -0.380 e. The summed E-state index contributed by atoms with van der Waals surface area (Å²) in [6.07, 6.45) is 8.28. The average molecular weight is 197 g/mol. The molecule has 0 radical (unpaired) electrons. The van der Waals surface area contributed by atoms with Crippen LogP contribution in [0.4, 0.5) is 0 Å². The van der Waals surface area contributed by atoms with Gasteiger partial charge in [0.2, 0.25) is 0 Å². The van der Waals surface area contributed by atoms with Crippen molar-refractivity contribution in [2.24, 2.45) is 5.92 Å². The summed E-state index contributed by atoms with van der Waals surface area (Å²) in [4.78, 5) is 0. The summed E-state index contributed by atoms with van der Waals surface area (Å²) in [5, 5.41) is 3.74. The maximum absolute atomic E-state index is 5.48. The highest BCUT2D eigenvalue weighted by Gasteiger charge is 2.24. The Morgan fingerprint density at radius 3 is 2.57 bits per heavy atom. The van der Waals surface area contributed by atoms with E-state index in [1.807, 2.05) is 0 Å². The van der Waals surface area contributed by atoms with Crippen LogP contribution in [0.1, 0.15) is 45.4 Å². The monoisotopic (exact) mass is 197 g/mol. The highest BCUT2D eigenvalue weighted by atomic mass is 16.5. The molecule has 1 aliphatic carbocycles. The Balaban J connectivity index is 1.72. The van der Waals surface area contributed by atoms with Crippen molar-refractivity contribution in [2.75, 3.05) is 13.2 Å². The summed E-state index contributed by atoms with van der Waals surface area (Å²) in [6.45, 7) is 4.25. The minimum atomic E-state index is 0.624. The van der Waals surface area contributed by atoms with Gasteiger partial charge in [0.1, 0.15) is 0 Å². The molecule has 0 bridgehead atoms. The Labute approximate surface area is 87.4 Å². The Morgan fingerprint density at radius 1 is 1.14 bits per heavy atom. The van der Waals surface area contributed by atoms with Crippen LogP contribution in [0.2, 0.25) is 0 Å². The van der Waals surface area contributed by atoms with Crippen LogP contribution in [0, 0.1) is 5.92 Å². The lowest BCUT2D eigenvalue weighted by Crippen LogP contribution is -2.44. The third-order valence-electron chi connectivity index (χ3n) is 3.77. The van der Waals surface area contributed by atoms with Gasteiger partial charge in [0.25, 0.3) is 0 Å². The first-order valence-electron chi connectivity index (χ1n) is 6.20. The van der Waals surface area contributed by atoms with Gasteiger partial charge in [0.15, 0.2) is 0 Å². The van der Waals surface area contributed by atoms with Gasteiger partial charge in [0, 0.05) is 18.7 Å². The molecule has 2 atom stereocenters. The van der Waals surface area contributed by atoms with Crippen LogP contribution in [0.3, 0.4) is 0 Å². The molecule has 1 saturated heterocycles. The topological polar surface area (TPSA) is 21.3 Å². The Hall–Kier alpha value is -0.0800. The summed E-state index contributed by atoms with van der Waals surface area (Å²) in [5.41, 5.74) is 0. The van der Waals surface area contributed by atoms with E-state index in [1.54, 1.807) is 0 Å². The van der Waals surface area contributed by atoms with Crippen molar-refractivity contribution in [3.63, 3.8) is 0 Å². The zero-order valence-electron chi connectivity index (χ0n) is 9.30. The second-order valence-electron chi connectivity index (χ2n) is 4.91. The molecule has 14 heavy (non-hydrogen) atoms. The number of ether oxygens (including phenoxy) is 1. The SMILES string of the molecule is CC(NC1CCCOC1)C1CCCC1. The lowest BCUT2D eigenvalue weighted by Gasteiger charge is -2.29. The summed E-state index contributed by atoms with van der Waals surface area (Å²) in [5.74, 6) is 0.928. The van der Waals surface area contributed by atoms with E-state index in [-0.39, 0.29) is 0 Å². The predicted molar refractivity (Wildman–Crippen MR) is 58.4 cm³/mol. The second-order valence-corrected chi connectivity index (χ2v) is 4.91. The van der Waals surface area contributed by atoms with Crippen LogP contribution in [0.15, 0.2) is 0 Å². The molecule has 2 unspecified atom stereocenters. The maximum atomic E-state index is 5.48. The summed E-state index contributed by atoms with van der Waals surface area (Å²) < 4.78 is 5.48. The van der Waals surface area contributed by atoms with Gasteiger partial charge in [-0.15, -0.1) is 0 Å². The molecule has 1 aliphatic heterocycles. The van der Waals surface area contributed by atoms with E-state index in [0.29, 0.717) is 12.1 Å². The Kier molecular flexibility index (Phi) is 3.82. The maximum Gasteiger partial charge on any atom is 0.0619 e. The Bertz CT molecular complexity index is 160. The van der Waals surface area contributed by atoms with E-state index in [9.17, 15) is 0 Å². The summed E-state index contributed by atoms with van der Waals surface area (Å²) >= 11 is 0. The first-order valence-corrected chi connectivity index (χ1v) is 6.20. The highest BCUT2D eigenvalue weighted by Crippen LogP contribution is 2.28. The van der Waals surface area contributed by atoms with Crippen molar-refractivity contribution in [2.45, 2.75) is 57.5 Å². The van der Waals surface area contributed by atoms with Crippen LogP contribution in [0.25, 0.3) is 0 Å². The van der Waals surface area contributed by atoms with Crippen LogP contribution < -0.4 is 5.32 Å². The number of hydrogen-bond acceptors (Lipinski definition) is 2. The largest absolute Gasteiger partial charge is 0.380 e. The molecule has 82 valence electrons. The van der Waals surface area contributed by atoms with Crippen LogP contribution in [-0.2, 0) is 4.74 Å². The molecule has 0 amide bonds. The molecular formula is C12H23NO. The predicted octanol–water partition coefficient (Wildman–Crippen LogP) is 2.33. The molecule has 0 aromatic rings. The third kappa shape index (κ3) is 2.71. The van der Waals surface area contributed by atoms with Gasteiger partial charge in [-0.1, -0.05) is 12.8 Å². The first kappa shape index (κ1) is 10.4. The lowest BCUT2D eigenvalue weighted by atomic mass is 9.98. The average Bonchev–Trinajstić information content (AvgIpc) is 2.72. The fourth-order valence-corrected chi connectivity index (χ4v) is 2.84. The quantitative estimate of drug-likeness (QED) is 0.750. The Morgan fingerprint density at radius 2 is 1.93 bits per heavy atom. The lowest BCUT2D eigenvalue weighted by molar-refractivity contribution is 0.0642. The van der Waals surface area contributed by atoms with Crippen molar-refractivity contribution in [1.82, 2.24) is 5.32 Å². The van der Waals surface area contributed by atoms with Crippen molar-refractivity contribution < 1.29 is 4.74 Å². The van der Waals surface area contributed by atoms with E-state index in [1.165, 1.54) is 38.5 Å². The molecule has 0 spiro atoms. The van der Waals surface area contributed by atoms with Gasteiger partial charge in [-0.05, 0) is 38.5 Å². The van der Waals surface area contributed by atoms with Gasteiger partial charge in [-0.2, -0.15) is 0 Å². The van der Waals surface area contributed by atoms with Gasteiger partial charge >= 0.3 is 0 Å². The summed E-state index contributed by atoms with van der Waals surface area (Å²) in [7, 11) is 0. The highest BCUT2D eigenvalue weighted by molar-refractivity contribution is 4.81. The molecule has 2 rings (SSSR count). The number of hydrogen-bond donors (Lipinski definition) is 1.